The summed E-state index contributed by atoms with van der Waals surface area (Å²) in [5, 5.41) is 7.42. The van der Waals surface area contributed by atoms with Crippen LogP contribution in [0.5, 0.6) is 0 Å². The molecule has 1 aromatic heterocycles. The van der Waals surface area contributed by atoms with Crippen molar-refractivity contribution in [2.24, 2.45) is 0 Å². The summed E-state index contributed by atoms with van der Waals surface area (Å²) < 4.78 is 0. The predicted molar refractivity (Wildman–Crippen MR) is 73.7 cm³/mol. The minimum Gasteiger partial charge on any atom is -0.312 e. The summed E-state index contributed by atoms with van der Waals surface area (Å²) in [5.74, 6) is 0. The molecule has 0 fully saturated rings. The first kappa shape index (κ1) is 12.6. The van der Waals surface area contributed by atoms with Gasteiger partial charge in [0.2, 0.25) is 0 Å². The van der Waals surface area contributed by atoms with E-state index in [0.717, 1.165) is 30.1 Å². The van der Waals surface area contributed by atoms with Crippen LogP contribution in [-0.2, 0) is 13.0 Å². The lowest BCUT2D eigenvalue weighted by atomic mass is 10.1. The summed E-state index contributed by atoms with van der Waals surface area (Å²) in [6, 6.07) is 6.19. The summed E-state index contributed by atoms with van der Waals surface area (Å²) in [6.45, 7) is 3.81. The number of rotatable bonds is 5. The molecular formula is C13H15ClN2S. The van der Waals surface area contributed by atoms with Gasteiger partial charge in [-0.25, -0.2) is 4.98 Å². The molecule has 0 aliphatic rings. The fourth-order valence-corrected chi connectivity index (χ4v) is 2.37. The molecule has 90 valence electrons. The standard InChI is InChI=1S/C13H15ClN2S/c1-10-2-3-11(8-12(10)14)9-15-5-4-13-16-6-7-17-13/h2-3,6-8,15H,4-5,9H2,1H3. The Labute approximate surface area is 111 Å². The van der Waals surface area contributed by atoms with E-state index in [1.54, 1.807) is 11.3 Å². The van der Waals surface area contributed by atoms with Crippen molar-refractivity contribution in [3.63, 3.8) is 0 Å². The fraction of sp³-hybridized carbons (Fsp3) is 0.308. The largest absolute Gasteiger partial charge is 0.312 e. The number of halogens is 1. The fourth-order valence-electron chi connectivity index (χ4n) is 1.55. The molecule has 1 heterocycles. The normalized spacial score (nSPS) is 10.7. The van der Waals surface area contributed by atoms with E-state index in [9.17, 15) is 0 Å². The molecule has 0 unspecified atom stereocenters. The van der Waals surface area contributed by atoms with Crippen LogP contribution in [0.15, 0.2) is 29.8 Å². The molecule has 0 bridgehead atoms. The van der Waals surface area contributed by atoms with Gasteiger partial charge >= 0.3 is 0 Å². The Hall–Kier alpha value is -0.900. The van der Waals surface area contributed by atoms with E-state index in [-0.39, 0.29) is 0 Å². The highest BCUT2D eigenvalue weighted by Gasteiger charge is 1.98. The summed E-state index contributed by atoms with van der Waals surface area (Å²) in [4.78, 5) is 4.24. The summed E-state index contributed by atoms with van der Waals surface area (Å²) >= 11 is 7.77. The maximum absolute atomic E-state index is 6.07. The monoisotopic (exact) mass is 266 g/mol. The number of nitrogens with one attached hydrogen (secondary N) is 1. The zero-order valence-corrected chi connectivity index (χ0v) is 11.3. The van der Waals surface area contributed by atoms with E-state index in [1.165, 1.54) is 10.6 Å². The Bertz CT molecular complexity index is 468. The van der Waals surface area contributed by atoms with Crippen LogP contribution >= 0.6 is 22.9 Å². The van der Waals surface area contributed by atoms with Gasteiger partial charge in [-0.05, 0) is 24.1 Å². The first-order valence-electron chi connectivity index (χ1n) is 5.60. The van der Waals surface area contributed by atoms with Crippen molar-refractivity contribution in [1.29, 1.82) is 0 Å². The lowest BCUT2D eigenvalue weighted by molar-refractivity contribution is 0.685. The van der Waals surface area contributed by atoms with Crippen LogP contribution in [0.3, 0.4) is 0 Å². The third-order valence-corrected chi connectivity index (χ3v) is 3.81. The Morgan fingerprint density at radius 1 is 1.41 bits per heavy atom. The highest BCUT2D eigenvalue weighted by molar-refractivity contribution is 7.09. The second-order valence-electron chi connectivity index (χ2n) is 3.94. The van der Waals surface area contributed by atoms with E-state index in [1.807, 2.05) is 24.6 Å². The van der Waals surface area contributed by atoms with Gasteiger partial charge in [-0.15, -0.1) is 11.3 Å². The predicted octanol–water partition coefficient (Wildman–Crippen LogP) is 3.44. The topological polar surface area (TPSA) is 24.9 Å². The van der Waals surface area contributed by atoms with Crippen molar-refractivity contribution in [1.82, 2.24) is 10.3 Å². The van der Waals surface area contributed by atoms with Crippen LogP contribution in [0.2, 0.25) is 5.02 Å². The molecule has 2 aromatic rings. The summed E-state index contributed by atoms with van der Waals surface area (Å²) in [6.07, 6.45) is 2.83. The van der Waals surface area contributed by atoms with Crippen LogP contribution in [0.4, 0.5) is 0 Å². The smallest absolute Gasteiger partial charge is 0.0937 e. The highest BCUT2D eigenvalue weighted by Crippen LogP contribution is 2.16. The molecule has 1 N–H and O–H groups in total. The molecular weight excluding hydrogens is 252 g/mol. The van der Waals surface area contributed by atoms with Crippen LogP contribution in [0.1, 0.15) is 16.1 Å². The van der Waals surface area contributed by atoms with Crippen molar-refractivity contribution in [2.75, 3.05) is 6.54 Å². The molecule has 0 amide bonds. The van der Waals surface area contributed by atoms with Crippen molar-refractivity contribution in [3.05, 3.63) is 50.9 Å². The average molecular weight is 267 g/mol. The Morgan fingerprint density at radius 3 is 3.00 bits per heavy atom. The van der Waals surface area contributed by atoms with E-state index in [2.05, 4.69) is 22.4 Å². The Morgan fingerprint density at radius 2 is 2.29 bits per heavy atom. The van der Waals surface area contributed by atoms with Gasteiger partial charge in [0.25, 0.3) is 0 Å². The van der Waals surface area contributed by atoms with Gasteiger partial charge in [0.05, 0.1) is 5.01 Å². The van der Waals surface area contributed by atoms with Gasteiger partial charge in [0, 0.05) is 36.1 Å². The van der Waals surface area contributed by atoms with Crippen LogP contribution in [0, 0.1) is 6.92 Å². The molecule has 0 aliphatic carbocycles. The molecule has 0 radical (unpaired) electrons. The van der Waals surface area contributed by atoms with Crippen LogP contribution in [-0.4, -0.2) is 11.5 Å². The lowest BCUT2D eigenvalue weighted by Gasteiger charge is -2.05. The second-order valence-corrected chi connectivity index (χ2v) is 5.32. The quantitative estimate of drug-likeness (QED) is 0.839. The number of hydrogen-bond acceptors (Lipinski definition) is 3. The molecule has 1 aromatic carbocycles. The van der Waals surface area contributed by atoms with Crippen LogP contribution < -0.4 is 5.32 Å². The van der Waals surface area contributed by atoms with E-state index in [4.69, 9.17) is 11.6 Å². The maximum atomic E-state index is 6.07. The minimum atomic E-state index is 0.837. The number of thiazole rings is 1. The minimum absolute atomic E-state index is 0.837. The molecule has 17 heavy (non-hydrogen) atoms. The van der Waals surface area contributed by atoms with E-state index >= 15 is 0 Å². The van der Waals surface area contributed by atoms with Crippen LogP contribution in [0.25, 0.3) is 0 Å². The third kappa shape index (κ3) is 3.80. The number of aryl methyl sites for hydroxylation is 1. The number of benzene rings is 1. The average Bonchev–Trinajstić information content (AvgIpc) is 2.82. The zero-order chi connectivity index (χ0) is 12.1. The SMILES string of the molecule is Cc1ccc(CNCCc2nccs2)cc1Cl. The van der Waals surface area contributed by atoms with Crippen molar-refractivity contribution < 1.29 is 0 Å². The highest BCUT2D eigenvalue weighted by atomic mass is 35.5. The Kier molecular flexibility index (Phi) is 4.54. The molecule has 4 heteroatoms. The molecule has 2 rings (SSSR count). The first-order valence-corrected chi connectivity index (χ1v) is 6.85. The van der Waals surface area contributed by atoms with Gasteiger partial charge in [0.1, 0.15) is 0 Å². The maximum Gasteiger partial charge on any atom is 0.0937 e. The van der Waals surface area contributed by atoms with E-state index in [0.29, 0.717) is 0 Å². The first-order chi connectivity index (χ1) is 8.25. The molecule has 0 saturated carbocycles. The van der Waals surface area contributed by atoms with Crippen molar-refractivity contribution >= 4 is 22.9 Å². The van der Waals surface area contributed by atoms with E-state index < -0.39 is 0 Å². The summed E-state index contributed by atoms with van der Waals surface area (Å²) in [5.41, 5.74) is 2.35. The number of hydrogen-bond donors (Lipinski definition) is 1. The van der Waals surface area contributed by atoms with Gasteiger partial charge in [-0.3, -0.25) is 0 Å². The van der Waals surface area contributed by atoms with Gasteiger partial charge < -0.3 is 5.32 Å². The van der Waals surface area contributed by atoms with Crippen molar-refractivity contribution in [2.45, 2.75) is 19.9 Å². The third-order valence-electron chi connectivity index (χ3n) is 2.56. The lowest BCUT2D eigenvalue weighted by Crippen LogP contribution is -2.16. The molecule has 0 spiro atoms. The van der Waals surface area contributed by atoms with Gasteiger partial charge in [-0.2, -0.15) is 0 Å². The van der Waals surface area contributed by atoms with Gasteiger partial charge in [0.15, 0.2) is 0 Å². The second kappa shape index (κ2) is 6.15. The van der Waals surface area contributed by atoms with Crippen molar-refractivity contribution in [3.8, 4) is 0 Å². The zero-order valence-electron chi connectivity index (χ0n) is 9.74. The number of nitrogens with zero attached hydrogens (tertiary/aromatic N) is 1. The Balaban J connectivity index is 1.76. The molecule has 0 aliphatic heterocycles. The molecule has 0 saturated heterocycles. The summed E-state index contributed by atoms with van der Waals surface area (Å²) in [7, 11) is 0. The molecule has 0 atom stereocenters. The van der Waals surface area contributed by atoms with Gasteiger partial charge in [-0.1, -0.05) is 23.7 Å². The number of aromatic nitrogens is 1. The molecule has 2 nitrogen and oxygen atoms in total.